The normalized spacial score (nSPS) is 11.9. The summed E-state index contributed by atoms with van der Waals surface area (Å²) in [4.78, 5) is 17.1. The molecule has 3 heterocycles. The first-order valence-electron chi connectivity index (χ1n) is 10.6. The van der Waals surface area contributed by atoms with Gasteiger partial charge in [0.2, 0.25) is 0 Å². The fraction of sp³-hybridized carbons (Fsp3) is 0.304. The first-order valence-corrected chi connectivity index (χ1v) is 10.6. The van der Waals surface area contributed by atoms with E-state index in [1.165, 1.54) is 0 Å². The summed E-state index contributed by atoms with van der Waals surface area (Å²) in [7, 11) is 0. The summed E-state index contributed by atoms with van der Waals surface area (Å²) in [6.07, 6.45) is 0.533. The predicted molar refractivity (Wildman–Crippen MR) is 117 cm³/mol. The van der Waals surface area contributed by atoms with Gasteiger partial charge in [-0.15, -0.1) is 0 Å². The fourth-order valence-electron chi connectivity index (χ4n) is 3.48. The van der Waals surface area contributed by atoms with Crippen molar-refractivity contribution in [2.24, 2.45) is 0 Å². The third kappa shape index (κ3) is 4.89. The van der Waals surface area contributed by atoms with Gasteiger partial charge < -0.3 is 5.32 Å². The highest BCUT2D eigenvalue weighted by molar-refractivity contribution is 5.99. The maximum absolute atomic E-state index is 13.8. The van der Waals surface area contributed by atoms with Crippen LogP contribution < -0.4 is 5.32 Å². The van der Waals surface area contributed by atoms with Gasteiger partial charge in [-0.2, -0.15) is 23.4 Å². The molecule has 4 rings (SSSR count). The number of hydrogen-bond donors (Lipinski definition) is 1. The Morgan fingerprint density at radius 3 is 2.55 bits per heavy atom. The molecule has 0 atom stereocenters. The molecule has 10 heteroatoms. The van der Waals surface area contributed by atoms with Crippen LogP contribution in [0.2, 0.25) is 0 Å². The maximum Gasteiger partial charge on any atom is 0.433 e. The zero-order valence-electron chi connectivity index (χ0n) is 18.2. The van der Waals surface area contributed by atoms with Crippen LogP contribution in [0.4, 0.5) is 13.2 Å². The summed E-state index contributed by atoms with van der Waals surface area (Å²) in [6, 6.07) is 9.95. The molecule has 0 unspecified atom stereocenters. The number of aromatic nitrogens is 5. The molecule has 0 aliphatic heterocycles. The molecule has 0 fully saturated rings. The number of halogens is 3. The number of aryl methyl sites for hydroxylation is 1. The van der Waals surface area contributed by atoms with E-state index in [-0.39, 0.29) is 16.9 Å². The molecule has 1 amide bonds. The van der Waals surface area contributed by atoms with E-state index in [1.54, 1.807) is 29.1 Å². The number of nitrogens with one attached hydrogen (secondary N) is 1. The van der Waals surface area contributed by atoms with Crippen LogP contribution in [0.15, 0.2) is 55.0 Å². The second kappa shape index (κ2) is 9.05. The number of benzene rings is 1. The minimum absolute atomic E-state index is 0.0137. The van der Waals surface area contributed by atoms with Gasteiger partial charge in [0.05, 0.1) is 11.9 Å². The van der Waals surface area contributed by atoms with E-state index < -0.39 is 17.8 Å². The lowest BCUT2D eigenvalue weighted by Crippen LogP contribution is -2.25. The largest absolute Gasteiger partial charge is 0.433 e. The number of amides is 1. The fourth-order valence-corrected chi connectivity index (χ4v) is 3.48. The van der Waals surface area contributed by atoms with Crippen molar-refractivity contribution in [3.63, 3.8) is 0 Å². The minimum atomic E-state index is -4.67. The van der Waals surface area contributed by atoms with Gasteiger partial charge in [0.1, 0.15) is 5.56 Å². The van der Waals surface area contributed by atoms with Gasteiger partial charge in [-0.05, 0) is 30.0 Å². The first kappa shape index (κ1) is 22.5. The Hall–Kier alpha value is -3.69. The van der Waals surface area contributed by atoms with E-state index in [9.17, 15) is 18.0 Å². The molecule has 33 heavy (non-hydrogen) atoms. The van der Waals surface area contributed by atoms with E-state index >= 15 is 0 Å². The van der Waals surface area contributed by atoms with E-state index in [0.29, 0.717) is 35.5 Å². The van der Waals surface area contributed by atoms with Crippen LogP contribution >= 0.6 is 0 Å². The average Bonchev–Trinajstić information content (AvgIpc) is 3.45. The van der Waals surface area contributed by atoms with Crippen LogP contribution in [-0.2, 0) is 12.7 Å². The Bertz CT molecular complexity index is 1240. The van der Waals surface area contributed by atoms with E-state index in [4.69, 9.17) is 0 Å². The smallest absolute Gasteiger partial charge is 0.352 e. The number of carbonyl (C=O) groups is 1. The molecule has 0 radical (unpaired) electrons. The molecule has 172 valence electrons. The predicted octanol–water partition coefficient (Wildman–Crippen LogP) is 4.56. The van der Waals surface area contributed by atoms with Gasteiger partial charge in [0.25, 0.3) is 5.91 Å². The van der Waals surface area contributed by atoms with Crippen LogP contribution in [-0.4, -0.2) is 36.8 Å². The van der Waals surface area contributed by atoms with Crippen LogP contribution in [0.5, 0.6) is 0 Å². The molecule has 1 aromatic carbocycles. The van der Waals surface area contributed by atoms with E-state index in [0.717, 1.165) is 17.8 Å². The van der Waals surface area contributed by atoms with Gasteiger partial charge >= 0.3 is 6.18 Å². The molecule has 3 aromatic heterocycles. The van der Waals surface area contributed by atoms with E-state index in [2.05, 4.69) is 20.5 Å². The van der Waals surface area contributed by atoms with Crippen molar-refractivity contribution in [2.75, 3.05) is 6.54 Å². The Balaban J connectivity index is 1.63. The number of alkyl halides is 3. The lowest BCUT2D eigenvalue weighted by molar-refractivity contribution is -0.142. The molecule has 4 aromatic rings. The summed E-state index contributed by atoms with van der Waals surface area (Å²) in [5, 5.41) is 10.6. The van der Waals surface area contributed by atoms with Crippen LogP contribution in [0.3, 0.4) is 0 Å². The molecular weight excluding hydrogens is 433 g/mol. The molecule has 0 saturated heterocycles. The number of nitrogens with zero attached hydrogens (tertiary/aromatic N) is 5. The second-order valence-electron chi connectivity index (χ2n) is 7.97. The van der Waals surface area contributed by atoms with Crippen molar-refractivity contribution in [1.82, 2.24) is 29.7 Å². The molecule has 0 aliphatic carbocycles. The van der Waals surface area contributed by atoms with Crippen molar-refractivity contribution in [3.8, 4) is 11.3 Å². The molecule has 0 saturated carbocycles. The van der Waals surface area contributed by atoms with Gasteiger partial charge in [-0.25, -0.2) is 9.50 Å². The van der Waals surface area contributed by atoms with Crippen molar-refractivity contribution in [2.45, 2.75) is 38.9 Å². The lowest BCUT2D eigenvalue weighted by atomic mass is 10.0. The summed E-state index contributed by atoms with van der Waals surface area (Å²) in [5.41, 5.74) is 0.568. The zero-order valence-corrected chi connectivity index (χ0v) is 18.2. The SMILES string of the molecule is CC(C)c1ccc(-c2cc(C(F)(F)F)n3ncc(C(=O)NCCCn4cccn4)c3n2)cc1. The van der Waals surface area contributed by atoms with Crippen LogP contribution in [0.25, 0.3) is 16.9 Å². The van der Waals surface area contributed by atoms with Gasteiger partial charge in [-0.1, -0.05) is 38.1 Å². The zero-order chi connectivity index (χ0) is 23.6. The number of carbonyl (C=O) groups excluding carboxylic acids is 1. The number of hydrogen-bond acceptors (Lipinski definition) is 4. The number of fused-ring (bicyclic) bond motifs is 1. The van der Waals surface area contributed by atoms with Crippen molar-refractivity contribution in [3.05, 3.63) is 71.8 Å². The van der Waals surface area contributed by atoms with Crippen molar-refractivity contribution >= 4 is 11.6 Å². The highest BCUT2D eigenvalue weighted by Crippen LogP contribution is 2.33. The Kier molecular flexibility index (Phi) is 6.17. The second-order valence-corrected chi connectivity index (χ2v) is 7.97. The summed E-state index contributed by atoms with van der Waals surface area (Å²) in [6.45, 7) is 5.01. The van der Waals surface area contributed by atoms with Crippen molar-refractivity contribution in [1.29, 1.82) is 0 Å². The van der Waals surface area contributed by atoms with Gasteiger partial charge in [0, 0.05) is 31.0 Å². The van der Waals surface area contributed by atoms with E-state index in [1.807, 2.05) is 32.2 Å². The number of rotatable bonds is 7. The average molecular weight is 456 g/mol. The third-order valence-corrected chi connectivity index (χ3v) is 5.29. The Morgan fingerprint density at radius 2 is 1.91 bits per heavy atom. The maximum atomic E-state index is 13.8. The highest BCUT2D eigenvalue weighted by atomic mass is 19.4. The quantitative estimate of drug-likeness (QED) is 0.414. The highest BCUT2D eigenvalue weighted by Gasteiger charge is 2.36. The molecule has 0 spiro atoms. The van der Waals surface area contributed by atoms with Gasteiger partial charge in [0.15, 0.2) is 11.3 Å². The molecule has 1 N–H and O–H groups in total. The molecule has 7 nitrogen and oxygen atoms in total. The summed E-state index contributed by atoms with van der Waals surface area (Å²) >= 11 is 0. The summed E-state index contributed by atoms with van der Waals surface area (Å²) in [5.74, 6) is -0.239. The Morgan fingerprint density at radius 1 is 1.15 bits per heavy atom. The third-order valence-electron chi connectivity index (χ3n) is 5.29. The minimum Gasteiger partial charge on any atom is -0.352 e. The Labute approximate surface area is 188 Å². The molecule has 0 aliphatic rings. The summed E-state index contributed by atoms with van der Waals surface area (Å²) < 4.78 is 43.7. The van der Waals surface area contributed by atoms with Gasteiger partial charge in [-0.3, -0.25) is 9.48 Å². The van der Waals surface area contributed by atoms with Crippen LogP contribution in [0.1, 0.15) is 47.8 Å². The lowest BCUT2D eigenvalue weighted by Gasteiger charge is -2.12. The molecule has 0 bridgehead atoms. The topological polar surface area (TPSA) is 77.1 Å². The first-order chi connectivity index (χ1) is 15.7. The van der Waals surface area contributed by atoms with Crippen LogP contribution in [0, 0.1) is 0 Å². The standard InChI is InChI=1S/C23H23F3N6O/c1-15(2)16-5-7-17(8-6-16)19-13-20(23(24,25)26)32-21(30-19)18(14-29-32)22(33)27-9-3-11-31-12-4-10-28-31/h4-8,10,12-15H,3,9,11H2,1-2H3,(H,27,33). The molecular formula is C23H23F3N6O. The van der Waals surface area contributed by atoms with Crippen molar-refractivity contribution < 1.29 is 18.0 Å². The monoisotopic (exact) mass is 456 g/mol.